The number of alkyl halides is 3. The average molecular weight is 434 g/mol. The van der Waals surface area contributed by atoms with E-state index in [9.17, 15) is 18.0 Å². The van der Waals surface area contributed by atoms with Gasteiger partial charge in [-0.25, -0.2) is 15.0 Å². The first-order valence-corrected chi connectivity index (χ1v) is 8.94. The van der Waals surface area contributed by atoms with Crippen LogP contribution in [0.2, 0.25) is 5.02 Å². The third kappa shape index (κ3) is 4.73. The number of aromatic nitrogens is 5. The van der Waals surface area contributed by atoms with Crippen LogP contribution < -0.4 is 10.6 Å². The summed E-state index contributed by atoms with van der Waals surface area (Å²) < 4.78 is 37.2. The first kappa shape index (κ1) is 20.8. The van der Waals surface area contributed by atoms with Gasteiger partial charge in [-0.3, -0.25) is 4.79 Å². The molecule has 0 fully saturated rings. The van der Waals surface area contributed by atoms with Gasteiger partial charge in [0.1, 0.15) is 24.1 Å². The van der Waals surface area contributed by atoms with Gasteiger partial charge in [0.15, 0.2) is 5.82 Å². The summed E-state index contributed by atoms with van der Waals surface area (Å²) in [5.41, 5.74) is -0.154. The Balaban J connectivity index is 0.00000320. The molecule has 0 spiro atoms. The highest BCUT2D eigenvalue weighted by atomic mass is 35.5. The van der Waals surface area contributed by atoms with E-state index in [1.165, 1.54) is 19.4 Å². The number of fused-ring (bicyclic) bond motifs is 1. The topological polar surface area (TPSA) is 108 Å². The molecule has 3 rings (SSSR count). The SMILES string of the molecule is CC[C@@](C)(Nc1ncnc(-c2c[nH]c3ncc(Cl)cc23)n1)C(=O)NCC(F)(F)F.[HH].[HH].[HH]. The van der Waals surface area contributed by atoms with Crippen molar-refractivity contribution in [2.75, 3.05) is 11.9 Å². The minimum Gasteiger partial charge on any atom is -0.345 e. The van der Waals surface area contributed by atoms with Crippen molar-refractivity contribution in [1.29, 1.82) is 0 Å². The average Bonchev–Trinajstić information content (AvgIpc) is 3.08. The van der Waals surface area contributed by atoms with Gasteiger partial charge in [0.05, 0.1) is 5.02 Å². The molecule has 0 saturated heterocycles. The normalized spacial score (nSPS) is 13.9. The molecule has 1 atom stereocenters. The Morgan fingerprint density at radius 2 is 2.07 bits per heavy atom. The monoisotopic (exact) mass is 433 g/mol. The molecule has 3 N–H and O–H groups in total. The van der Waals surface area contributed by atoms with Crippen LogP contribution in [-0.4, -0.2) is 49.1 Å². The van der Waals surface area contributed by atoms with Crippen molar-refractivity contribution in [2.45, 2.75) is 32.0 Å². The quantitative estimate of drug-likeness (QED) is 0.540. The number of anilines is 1. The predicted molar refractivity (Wildman–Crippen MR) is 108 cm³/mol. The molecular formula is C17H23ClF3N7O. The summed E-state index contributed by atoms with van der Waals surface area (Å²) in [7, 11) is 0. The van der Waals surface area contributed by atoms with Crippen LogP contribution in [0.1, 0.15) is 24.5 Å². The molecule has 3 aromatic rings. The van der Waals surface area contributed by atoms with Crippen molar-refractivity contribution in [1.82, 2.24) is 30.2 Å². The van der Waals surface area contributed by atoms with E-state index in [1.807, 2.05) is 5.32 Å². The van der Waals surface area contributed by atoms with E-state index in [0.717, 1.165) is 0 Å². The fraction of sp³-hybridized carbons (Fsp3) is 0.353. The summed E-state index contributed by atoms with van der Waals surface area (Å²) in [5.74, 6) is -0.486. The van der Waals surface area contributed by atoms with E-state index in [1.54, 1.807) is 19.2 Å². The Labute approximate surface area is 172 Å². The maximum Gasteiger partial charge on any atom is 0.405 e. The molecule has 12 heteroatoms. The molecule has 29 heavy (non-hydrogen) atoms. The number of hydrogen-bond donors (Lipinski definition) is 3. The summed E-state index contributed by atoms with van der Waals surface area (Å²) in [5, 5.41) is 5.82. The molecule has 0 saturated carbocycles. The fourth-order valence-electron chi connectivity index (χ4n) is 2.58. The zero-order valence-corrected chi connectivity index (χ0v) is 16.2. The van der Waals surface area contributed by atoms with E-state index < -0.39 is 24.2 Å². The number of amides is 1. The second-order valence-corrected chi connectivity index (χ2v) is 6.93. The molecule has 3 heterocycles. The summed E-state index contributed by atoms with van der Waals surface area (Å²) in [4.78, 5) is 31.9. The molecule has 0 aromatic carbocycles. The lowest BCUT2D eigenvalue weighted by molar-refractivity contribution is -0.140. The van der Waals surface area contributed by atoms with Gasteiger partial charge in [-0.1, -0.05) is 18.5 Å². The van der Waals surface area contributed by atoms with Crippen LogP contribution in [0.5, 0.6) is 0 Å². The van der Waals surface area contributed by atoms with Crippen molar-refractivity contribution in [3.63, 3.8) is 0 Å². The third-order valence-electron chi connectivity index (χ3n) is 4.36. The highest BCUT2D eigenvalue weighted by Gasteiger charge is 2.35. The fourth-order valence-corrected chi connectivity index (χ4v) is 2.74. The lowest BCUT2D eigenvalue weighted by Crippen LogP contribution is -2.52. The zero-order valence-electron chi connectivity index (χ0n) is 15.4. The van der Waals surface area contributed by atoms with Gasteiger partial charge in [-0.2, -0.15) is 18.2 Å². The maximum absolute atomic E-state index is 12.4. The molecule has 8 nitrogen and oxygen atoms in total. The van der Waals surface area contributed by atoms with Gasteiger partial charge < -0.3 is 15.6 Å². The number of halogens is 4. The highest BCUT2D eigenvalue weighted by molar-refractivity contribution is 6.31. The number of rotatable bonds is 6. The first-order chi connectivity index (χ1) is 13.6. The van der Waals surface area contributed by atoms with E-state index in [0.29, 0.717) is 21.6 Å². The molecule has 0 aliphatic carbocycles. The Morgan fingerprint density at radius 3 is 2.76 bits per heavy atom. The van der Waals surface area contributed by atoms with Gasteiger partial charge in [-0.05, 0) is 19.4 Å². The highest BCUT2D eigenvalue weighted by Crippen LogP contribution is 2.27. The summed E-state index contributed by atoms with van der Waals surface area (Å²) in [6.45, 7) is 1.71. The first-order valence-electron chi connectivity index (χ1n) is 8.56. The van der Waals surface area contributed by atoms with Gasteiger partial charge >= 0.3 is 6.18 Å². The molecular weight excluding hydrogens is 411 g/mol. The van der Waals surface area contributed by atoms with Gasteiger partial charge in [0.2, 0.25) is 11.9 Å². The standard InChI is InChI=1S/C17H17ClF3N7O.3H2/c1-3-16(2,14(29)24-7-17(19,20)21)28-15-26-8-25-13(27-15)11-6-23-12-10(11)4-9(18)5-22-12;;;/h4-6,8H,3,7H2,1-2H3,(H,22,23)(H,24,29)(H,25,26,27,28);3*1H/t16-;;;/m1.../s1. The Bertz CT molecular complexity index is 1050. The smallest absolute Gasteiger partial charge is 0.345 e. The summed E-state index contributed by atoms with van der Waals surface area (Å²) in [6.07, 6.45) is 0.0871. The van der Waals surface area contributed by atoms with Crippen molar-refractivity contribution >= 4 is 34.5 Å². The predicted octanol–water partition coefficient (Wildman–Crippen LogP) is 4.07. The minimum absolute atomic E-state index is 0. The number of carbonyl (C=O) groups is 1. The number of nitrogens with one attached hydrogen (secondary N) is 3. The Kier molecular flexibility index (Phi) is 5.60. The molecule has 0 radical (unpaired) electrons. The molecule has 160 valence electrons. The molecule has 1 amide bonds. The molecule has 3 aromatic heterocycles. The number of H-pyrrole nitrogens is 1. The third-order valence-corrected chi connectivity index (χ3v) is 4.56. The van der Waals surface area contributed by atoms with Crippen LogP contribution in [0, 0.1) is 0 Å². The van der Waals surface area contributed by atoms with Gasteiger partial charge in [0.25, 0.3) is 0 Å². The Hall–Kier alpha value is -2.95. The second kappa shape index (κ2) is 7.82. The van der Waals surface area contributed by atoms with E-state index in [4.69, 9.17) is 11.6 Å². The lowest BCUT2D eigenvalue weighted by Gasteiger charge is -2.28. The molecule has 0 aliphatic rings. The number of hydrogen-bond acceptors (Lipinski definition) is 6. The number of aromatic amines is 1. The number of carbonyl (C=O) groups excluding carboxylic acids is 1. The van der Waals surface area contributed by atoms with E-state index in [2.05, 4.69) is 30.2 Å². The second-order valence-electron chi connectivity index (χ2n) is 6.49. The van der Waals surface area contributed by atoms with Gasteiger partial charge in [0, 0.05) is 27.6 Å². The van der Waals surface area contributed by atoms with Crippen LogP contribution in [-0.2, 0) is 4.79 Å². The van der Waals surface area contributed by atoms with Crippen LogP contribution in [0.4, 0.5) is 19.1 Å². The number of nitrogens with zero attached hydrogens (tertiary/aromatic N) is 4. The molecule has 0 aliphatic heterocycles. The molecule has 0 unspecified atom stereocenters. The summed E-state index contributed by atoms with van der Waals surface area (Å²) >= 11 is 6.00. The minimum atomic E-state index is -4.50. The Morgan fingerprint density at radius 1 is 1.31 bits per heavy atom. The summed E-state index contributed by atoms with van der Waals surface area (Å²) in [6, 6.07) is 1.70. The zero-order chi connectivity index (χ0) is 21.2. The van der Waals surface area contributed by atoms with Crippen molar-refractivity contribution in [2.24, 2.45) is 0 Å². The van der Waals surface area contributed by atoms with Crippen molar-refractivity contribution in [3.05, 3.63) is 29.8 Å². The number of pyridine rings is 1. The largest absolute Gasteiger partial charge is 0.405 e. The van der Waals surface area contributed by atoms with E-state index >= 15 is 0 Å². The van der Waals surface area contributed by atoms with Crippen molar-refractivity contribution < 1.29 is 22.2 Å². The molecule has 0 bridgehead atoms. The van der Waals surface area contributed by atoms with Crippen LogP contribution in [0.15, 0.2) is 24.8 Å². The van der Waals surface area contributed by atoms with Crippen LogP contribution >= 0.6 is 11.6 Å². The van der Waals surface area contributed by atoms with Crippen LogP contribution in [0.3, 0.4) is 0 Å². The lowest BCUT2D eigenvalue weighted by atomic mass is 9.98. The van der Waals surface area contributed by atoms with E-state index in [-0.39, 0.29) is 22.5 Å². The van der Waals surface area contributed by atoms with Crippen LogP contribution in [0.25, 0.3) is 22.4 Å². The van der Waals surface area contributed by atoms with Gasteiger partial charge in [-0.15, -0.1) is 0 Å². The van der Waals surface area contributed by atoms with Crippen molar-refractivity contribution in [3.8, 4) is 11.4 Å². The maximum atomic E-state index is 12.4.